The number of nitrogens with zero attached hydrogens (tertiary/aromatic N) is 2. The van der Waals surface area contributed by atoms with Crippen LogP contribution in [0.4, 0.5) is 11.4 Å². The van der Waals surface area contributed by atoms with E-state index in [-0.39, 0.29) is 32.5 Å². The van der Waals surface area contributed by atoms with Crippen LogP contribution in [0, 0.1) is 22.7 Å². The first-order valence-electron chi connectivity index (χ1n) is 3.40. The molecule has 70 valence electrons. The zero-order valence-electron chi connectivity index (χ0n) is 6.81. The molecule has 0 saturated heterocycles. The van der Waals surface area contributed by atoms with Crippen LogP contribution in [0.3, 0.4) is 0 Å². The Morgan fingerprint density at radius 3 is 1.50 bits per heavy atom. The lowest BCUT2D eigenvalue weighted by Gasteiger charge is -2.08. The van der Waals surface area contributed by atoms with E-state index < -0.39 is 0 Å². The van der Waals surface area contributed by atoms with E-state index in [0.717, 1.165) is 0 Å². The zero-order valence-corrected chi connectivity index (χ0v) is 8.32. The standard InChI is InChI=1S/C8H4Cl2N4/c9-5-3(1-11)7(13)6(10)8(14)4(5)2-12/h13-14H2. The van der Waals surface area contributed by atoms with Crippen molar-refractivity contribution >= 4 is 34.6 Å². The van der Waals surface area contributed by atoms with Gasteiger partial charge in [-0.2, -0.15) is 10.5 Å². The second-order valence-electron chi connectivity index (χ2n) is 2.43. The predicted molar refractivity (Wildman–Crippen MR) is 54.7 cm³/mol. The molecule has 0 heterocycles. The number of rotatable bonds is 0. The Morgan fingerprint density at radius 1 is 0.857 bits per heavy atom. The highest BCUT2D eigenvalue weighted by molar-refractivity contribution is 6.39. The Labute approximate surface area is 90.2 Å². The number of hydrogen-bond donors (Lipinski definition) is 2. The maximum Gasteiger partial charge on any atom is 0.103 e. The Kier molecular flexibility index (Phi) is 2.71. The summed E-state index contributed by atoms with van der Waals surface area (Å²) in [5, 5.41) is 17.4. The van der Waals surface area contributed by atoms with Gasteiger partial charge in [-0.25, -0.2) is 0 Å². The van der Waals surface area contributed by atoms with E-state index in [1.165, 1.54) is 0 Å². The van der Waals surface area contributed by atoms with Gasteiger partial charge in [-0.3, -0.25) is 0 Å². The molecule has 0 fully saturated rings. The number of anilines is 2. The SMILES string of the molecule is N#Cc1c(N)c(Cl)c(N)c(C#N)c1Cl. The van der Waals surface area contributed by atoms with Gasteiger partial charge in [0, 0.05) is 0 Å². The molecular weight excluding hydrogens is 223 g/mol. The van der Waals surface area contributed by atoms with Gasteiger partial charge in [-0.15, -0.1) is 0 Å². The Balaban J connectivity index is 3.78. The molecule has 4 nitrogen and oxygen atoms in total. The van der Waals surface area contributed by atoms with Crippen LogP contribution in [-0.2, 0) is 0 Å². The smallest absolute Gasteiger partial charge is 0.103 e. The van der Waals surface area contributed by atoms with E-state index in [2.05, 4.69) is 0 Å². The molecule has 0 unspecified atom stereocenters. The molecule has 4 N–H and O–H groups in total. The molecule has 0 spiro atoms. The lowest BCUT2D eigenvalue weighted by molar-refractivity contribution is 1.45. The third kappa shape index (κ3) is 1.31. The van der Waals surface area contributed by atoms with Crippen molar-refractivity contribution < 1.29 is 0 Å². The summed E-state index contributed by atoms with van der Waals surface area (Å²) in [6.07, 6.45) is 0. The van der Waals surface area contributed by atoms with Gasteiger partial charge in [0.2, 0.25) is 0 Å². The summed E-state index contributed by atoms with van der Waals surface area (Å²) in [7, 11) is 0. The summed E-state index contributed by atoms with van der Waals surface area (Å²) in [6, 6.07) is 3.52. The molecule has 1 aromatic carbocycles. The Hall–Kier alpha value is -1.62. The van der Waals surface area contributed by atoms with Gasteiger partial charge in [-0.1, -0.05) is 23.2 Å². The van der Waals surface area contributed by atoms with E-state index >= 15 is 0 Å². The van der Waals surface area contributed by atoms with Crippen molar-refractivity contribution in [2.24, 2.45) is 0 Å². The lowest BCUT2D eigenvalue weighted by atomic mass is 10.1. The summed E-state index contributed by atoms with van der Waals surface area (Å²) < 4.78 is 0. The fraction of sp³-hybridized carbons (Fsp3) is 0. The topological polar surface area (TPSA) is 99.6 Å². The van der Waals surface area contributed by atoms with Crippen molar-refractivity contribution in [3.8, 4) is 12.1 Å². The summed E-state index contributed by atoms with van der Waals surface area (Å²) in [6.45, 7) is 0. The molecule has 0 aromatic heterocycles. The monoisotopic (exact) mass is 226 g/mol. The third-order valence-electron chi connectivity index (χ3n) is 1.67. The third-order valence-corrected chi connectivity index (χ3v) is 2.46. The van der Waals surface area contributed by atoms with Gasteiger partial charge in [0.05, 0.1) is 32.5 Å². The van der Waals surface area contributed by atoms with Crippen molar-refractivity contribution in [3.63, 3.8) is 0 Å². The number of hydrogen-bond acceptors (Lipinski definition) is 4. The fourth-order valence-electron chi connectivity index (χ4n) is 0.945. The molecule has 6 heteroatoms. The molecule has 0 atom stereocenters. The van der Waals surface area contributed by atoms with Crippen LogP contribution in [0.25, 0.3) is 0 Å². The second kappa shape index (κ2) is 3.63. The van der Waals surface area contributed by atoms with Crippen molar-refractivity contribution in [1.82, 2.24) is 0 Å². The first kappa shape index (κ1) is 10.5. The van der Waals surface area contributed by atoms with Crippen LogP contribution >= 0.6 is 23.2 Å². The molecule has 1 aromatic rings. The molecule has 0 aliphatic rings. The number of benzene rings is 1. The molecule has 0 saturated carbocycles. The summed E-state index contributed by atoms with van der Waals surface area (Å²) in [5.41, 5.74) is 10.9. The first-order chi connectivity index (χ1) is 6.54. The fourth-order valence-corrected chi connectivity index (χ4v) is 1.42. The van der Waals surface area contributed by atoms with Crippen LogP contribution in [-0.4, -0.2) is 0 Å². The van der Waals surface area contributed by atoms with E-state index in [9.17, 15) is 0 Å². The van der Waals surface area contributed by atoms with Crippen LogP contribution in [0.5, 0.6) is 0 Å². The molecule has 0 radical (unpaired) electrons. The highest BCUT2D eigenvalue weighted by Crippen LogP contribution is 2.37. The lowest BCUT2D eigenvalue weighted by Crippen LogP contribution is -2.01. The second-order valence-corrected chi connectivity index (χ2v) is 3.18. The average Bonchev–Trinajstić information content (AvgIpc) is 2.16. The minimum atomic E-state index is -0.0607. The van der Waals surface area contributed by atoms with Crippen LogP contribution in [0.2, 0.25) is 10.0 Å². The van der Waals surface area contributed by atoms with Gasteiger partial charge in [-0.05, 0) is 0 Å². The molecule has 0 aliphatic heterocycles. The van der Waals surface area contributed by atoms with E-state index in [0.29, 0.717) is 0 Å². The maximum absolute atomic E-state index is 8.71. The van der Waals surface area contributed by atoms with Crippen LogP contribution in [0.1, 0.15) is 11.1 Å². The summed E-state index contributed by atoms with van der Waals surface area (Å²) >= 11 is 11.4. The van der Waals surface area contributed by atoms with Gasteiger partial charge < -0.3 is 11.5 Å². The largest absolute Gasteiger partial charge is 0.396 e. The van der Waals surface area contributed by atoms with E-state index in [1.807, 2.05) is 0 Å². The Bertz CT molecular complexity index is 441. The normalized spacial score (nSPS) is 9.14. The van der Waals surface area contributed by atoms with Crippen molar-refractivity contribution in [3.05, 3.63) is 21.2 Å². The van der Waals surface area contributed by atoms with Gasteiger partial charge in [0.15, 0.2) is 0 Å². The minimum Gasteiger partial charge on any atom is -0.396 e. The van der Waals surface area contributed by atoms with Crippen LogP contribution in [0.15, 0.2) is 0 Å². The molecule has 1 rings (SSSR count). The molecule has 0 aliphatic carbocycles. The highest BCUT2D eigenvalue weighted by Gasteiger charge is 2.18. The van der Waals surface area contributed by atoms with Crippen LogP contribution < -0.4 is 11.5 Å². The van der Waals surface area contributed by atoms with Gasteiger partial charge in [0.1, 0.15) is 12.1 Å². The average molecular weight is 227 g/mol. The summed E-state index contributed by atoms with van der Waals surface area (Å²) in [4.78, 5) is 0. The minimum absolute atomic E-state index is 0.00401. The highest BCUT2D eigenvalue weighted by atomic mass is 35.5. The van der Waals surface area contributed by atoms with Crippen molar-refractivity contribution in [1.29, 1.82) is 10.5 Å². The van der Waals surface area contributed by atoms with E-state index in [1.54, 1.807) is 12.1 Å². The number of halogens is 2. The van der Waals surface area contributed by atoms with Crippen molar-refractivity contribution in [2.75, 3.05) is 11.5 Å². The molecule has 0 amide bonds. The molecule has 0 bridgehead atoms. The molecule has 14 heavy (non-hydrogen) atoms. The van der Waals surface area contributed by atoms with Gasteiger partial charge in [0.25, 0.3) is 0 Å². The summed E-state index contributed by atoms with van der Waals surface area (Å²) in [5.74, 6) is 0. The number of nitrogen functional groups attached to an aromatic ring is 2. The zero-order chi connectivity index (χ0) is 10.9. The van der Waals surface area contributed by atoms with Gasteiger partial charge >= 0.3 is 0 Å². The maximum atomic E-state index is 8.71. The van der Waals surface area contributed by atoms with E-state index in [4.69, 9.17) is 45.2 Å². The Morgan fingerprint density at radius 2 is 1.21 bits per heavy atom. The number of nitrogens with two attached hydrogens (primary N) is 2. The predicted octanol–water partition coefficient (Wildman–Crippen LogP) is 1.90. The number of nitriles is 2. The van der Waals surface area contributed by atoms with Crippen molar-refractivity contribution in [2.45, 2.75) is 0 Å². The first-order valence-corrected chi connectivity index (χ1v) is 4.16. The molecular formula is C8H4Cl2N4. The quantitative estimate of drug-likeness (QED) is 0.661.